The Labute approximate surface area is 190 Å². The molecule has 0 atom stereocenters. The molecule has 10 heteroatoms. The summed E-state index contributed by atoms with van der Waals surface area (Å²) in [5, 5.41) is 4.08. The number of nitrogens with one attached hydrogen (secondary N) is 1. The van der Waals surface area contributed by atoms with Crippen molar-refractivity contribution in [1.29, 1.82) is 0 Å². The largest absolute Gasteiger partial charge is 0.460 e. The Bertz CT molecular complexity index is 935. The third-order valence-electron chi connectivity index (χ3n) is 5.46. The van der Waals surface area contributed by atoms with Gasteiger partial charge in [-0.1, -0.05) is 29.3 Å². The van der Waals surface area contributed by atoms with Crippen LogP contribution in [0.4, 0.5) is 10.5 Å². The molecule has 0 spiro atoms. The molecule has 2 aromatic rings. The van der Waals surface area contributed by atoms with Crippen molar-refractivity contribution >= 4 is 40.8 Å². The Hall–Kier alpha value is -2.58. The molecular formula is C21H23Cl2N5O3. The van der Waals surface area contributed by atoms with Gasteiger partial charge in [0.25, 0.3) is 0 Å². The Morgan fingerprint density at radius 2 is 1.84 bits per heavy atom. The summed E-state index contributed by atoms with van der Waals surface area (Å²) in [5.41, 5.74) is 0.739. The van der Waals surface area contributed by atoms with Crippen molar-refractivity contribution in [3.05, 3.63) is 46.7 Å². The molecule has 1 aliphatic heterocycles. The number of ether oxygens (including phenoxy) is 1. The van der Waals surface area contributed by atoms with Crippen LogP contribution in [-0.4, -0.2) is 58.6 Å². The fourth-order valence-corrected chi connectivity index (χ4v) is 4.18. The van der Waals surface area contributed by atoms with E-state index in [2.05, 4.69) is 15.3 Å². The van der Waals surface area contributed by atoms with Crippen molar-refractivity contribution in [2.75, 3.05) is 24.5 Å². The van der Waals surface area contributed by atoms with Crippen LogP contribution < -0.4 is 15.0 Å². The maximum Gasteiger partial charge on any atom is 0.325 e. The lowest BCUT2D eigenvalue weighted by Gasteiger charge is -2.29. The second-order valence-corrected chi connectivity index (χ2v) is 8.55. The third-order valence-corrected chi connectivity index (χ3v) is 5.89. The first kappa shape index (κ1) is 21.6. The van der Waals surface area contributed by atoms with E-state index in [1.54, 1.807) is 28.0 Å². The number of aromatic nitrogens is 2. The molecule has 2 aliphatic rings. The zero-order valence-electron chi connectivity index (χ0n) is 16.8. The SMILES string of the molecule is O=C(CN1CCN(c2cccc(Cl)c2)C1=O)NC1CCC(Oc2ncc(Cl)cn2)CC1. The number of rotatable bonds is 6. The molecule has 1 saturated heterocycles. The van der Waals surface area contributed by atoms with Gasteiger partial charge in [-0.25, -0.2) is 14.8 Å². The van der Waals surface area contributed by atoms with Crippen molar-refractivity contribution in [3.8, 4) is 6.01 Å². The van der Waals surface area contributed by atoms with Gasteiger partial charge in [0.1, 0.15) is 12.6 Å². The van der Waals surface area contributed by atoms with Crippen LogP contribution >= 0.6 is 23.2 Å². The average Bonchev–Trinajstić information content (AvgIpc) is 3.11. The van der Waals surface area contributed by atoms with E-state index >= 15 is 0 Å². The smallest absolute Gasteiger partial charge is 0.325 e. The first-order chi connectivity index (χ1) is 15.0. The zero-order valence-corrected chi connectivity index (χ0v) is 18.3. The molecule has 31 heavy (non-hydrogen) atoms. The number of anilines is 1. The summed E-state index contributed by atoms with van der Waals surface area (Å²) in [6, 6.07) is 7.35. The number of hydrogen-bond acceptors (Lipinski definition) is 5. The molecule has 164 valence electrons. The second-order valence-electron chi connectivity index (χ2n) is 7.68. The third kappa shape index (κ3) is 5.57. The predicted octanol–water partition coefficient (Wildman–Crippen LogP) is 3.53. The second kappa shape index (κ2) is 9.70. The van der Waals surface area contributed by atoms with E-state index in [4.69, 9.17) is 27.9 Å². The Balaban J connectivity index is 1.22. The van der Waals surface area contributed by atoms with E-state index in [1.807, 2.05) is 6.07 Å². The minimum Gasteiger partial charge on any atom is -0.460 e. The predicted molar refractivity (Wildman–Crippen MR) is 118 cm³/mol. The van der Waals surface area contributed by atoms with Crippen LogP contribution in [0.3, 0.4) is 0 Å². The molecule has 1 N–H and O–H groups in total. The van der Waals surface area contributed by atoms with E-state index in [1.165, 1.54) is 12.4 Å². The lowest BCUT2D eigenvalue weighted by Crippen LogP contribution is -2.45. The first-order valence-electron chi connectivity index (χ1n) is 10.2. The summed E-state index contributed by atoms with van der Waals surface area (Å²) < 4.78 is 5.79. The van der Waals surface area contributed by atoms with Crippen LogP contribution in [0.25, 0.3) is 0 Å². The molecule has 0 radical (unpaired) electrons. The highest BCUT2D eigenvalue weighted by molar-refractivity contribution is 6.31. The molecule has 2 fully saturated rings. The molecule has 2 heterocycles. The maximum absolute atomic E-state index is 12.7. The van der Waals surface area contributed by atoms with Crippen molar-refractivity contribution < 1.29 is 14.3 Å². The van der Waals surface area contributed by atoms with Gasteiger partial charge in [0.05, 0.1) is 17.4 Å². The number of urea groups is 1. The normalized spacial score (nSPS) is 21.3. The maximum atomic E-state index is 12.7. The highest BCUT2D eigenvalue weighted by Gasteiger charge is 2.32. The van der Waals surface area contributed by atoms with Crippen molar-refractivity contribution in [2.24, 2.45) is 0 Å². The van der Waals surface area contributed by atoms with Crippen LogP contribution in [0.2, 0.25) is 10.0 Å². The minimum absolute atomic E-state index is 0.0146. The average molecular weight is 464 g/mol. The summed E-state index contributed by atoms with van der Waals surface area (Å²) in [5.74, 6) is -0.147. The van der Waals surface area contributed by atoms with Gasteiger partial charge in [-0.15, -0.1) is 0 Å². The van der Waals surface area contributed by atoms with E-state index in [9.17, 15) is 9.59 Å². The van der Waals surface area contributed by atoms with Gasteiger partial charge in [0.15, 0.2) is 0 Å². The minimum atomic E-state index is -0.183. The molecule has 4 rings (SSSR count). The van der Waals surface area contributed by atoms with Gasteiger partial charge in [-0.05, 0) is 43.9 Å². The highest BCUT2D eigenvalue weighted by Crippen LogP contribution is 2.24. The van der Waals surface area contributed by atoms with Gasteiger partial charge in [0, 0.05) is 29.8 Å². The standard InChI is InChI=1S/C21H23Cl2N5O3/c22-14-2-1-3-17(10-14)28-9-8-27(21(28)30)13-19(29)26-16-4-6-18(7-5-16)31-20-24-11-15(23)12-25-20/h1-3,10-12,16,18H,4-9,13H2,(H,26,29). The van der Waals surface area contributed by atoms with Gasteiger partial charge in [0.2, 0.25) is 5.91 Å². The first-order valence-corrected chi connectivity index (χ1v) is 11.0. The molecule has 1 aliphatic carbocycles. The fourth-order valence-electron chi connectivity index (χ4n) is 3.89. The number of amides is 3. The fraction of sp³-hybridized carbons (Fsp3) is 0.429. The van der Waals surface area contributed by atoms with Crippen molar-refractivity contribution in [2.45, 2.75) is 37.8 Å². The molecule has 8 nitrogen and oxygen atoms in total. The summed E-state index contributed by atoms with van der Waals surface area (Å²) in [6.07, 6.45) is 6.20. The van der Waals surface area contributed by atoms with Crippen LogP contribution in [0.1, 0.15) is 25.7 Å². The van der Waals surface area contributed by atoms with E-state index in [0.717, 1.165) is 31.4 Å². The Kier molecular flexibility index (Phi) is 6.77. The lowest BCUT2D eigenvalue weighted by molar-refractivity contribution is -0.122. The van der Waals surface area contributed by atoms with Gasteiger partial charge >= 0.3 is 12.0 Å². The van der Waals surface area contributed by atoms with Crippen LogP contribution in [-0.2, 0) is 4.79 Å². The van der Waals surface area contributed by atoms with Gasteiger partial charge < -0.3 is 15.0 Å². The molecular weight excluding hydrogens is 441 g/mol. The topological polar surface area (TPSA) is 87.7 Å². The Morgan fingerprint density at radius 3 is 2.55 bits per heavy atom. The monoisotopic (exact) mass is 463 g/mol. The quantitative estimate of drug-likeness (QED) is 0.707. The summed E-state index contributed by atoms with van der Waals surface area (Å²) >= 11 is 11.8. The van der Waals surface area contributed by atoms with E-state index in [0.29, 0.717) is 29.1 Å². The number of nitrogens with zero attached hydrogens (tertiary/aromatic N) is 4. The van der Waals surface area contributed by atoms with E-state index < -0.39 is 0 Å². The molecule has 1 aromatic heterocycles. The van der Waals surface area contributed by atoms with Crippen LogP contribution in [0.5, 0.6) is 6.01 Å². The molecule has 0 bridgehead atoms. The number of benzene rings is 1. The van der Waals surface area contributed by atoms with Crippen LogP contribution in [0.15, 0.2) is 36.7 Å². The highest BCUT2D eigenvalue weighted by atomic mass is 35.5. The zero-order chi connectivity index (χ0) is 21.8. The molecule has 3 amide bonds. The summed E-state index contributed by atoms with van der Waals surface area (Å²) in [7, 11) is 0. The van der Waals surface area contributed by atoms with Crippen molar-refractivity contribution in [3.63, 3.8) is 0 Å². The summed E-state index contributed by atoms with van der Waals surface area (Å²) in [4.78, 5) is 36.5. The van der Waals surface area contributed by atoms with Crippen LogP contribution in [0, 0.1) is 0 Å². The molecule has 0 unspecified atom stereocenters. The number of halogens is 2. The number of hydrogen-bond donors (Lipinski definition) is 1. The Morgan fingerprint density at radius 1 is 1.10 bits per heavy atom. The van der Waals surface area contributed by atoms with Crippen molar-refractivity contribution in [1.82, 2.24) is 20.2 Å². The molecule has 1 saturated carbocycles. The van der Waals surface area contributed by atoms with E-state index in [-0.39, 0.29) is 30.6 Å². The number of carbonyl (C=O) groups is 2. The number of carbonyl (C=O) groups excluding carboxylic acids is 2. The lowest BCUT2D eigenvalue weighted by atomic mass is 9.93. The summed E-state index contributed by atoms with van der Waals surface area (Å²) in [6.45, 7) is 1.08. The van der Waals surface area contributed by atoms with Gasteiger partial charge in [-0.3, -0.25) is 9.69 Å². The van der Waals surface area contributed by atoms with Gasteiger partial charge in [-0.2, -0.15) is 0 Å². The molecule has 1 aromatic carbocycles.